The van der Waals surface area contributed by atoms with Crippen LogP contribution >= 0.6 is 0 Å². The monoisotopic (exact) mass is 438 g/mol. The Bertz CT molecular complexity index is 1310. The molecule has 2 aliphatic rings. The molecule has 33 heavy (non-hydrogen) atoms. The Morgan fingerprint density at radius 2 is 1.73 bits per heavy atom. The van der Waals surface area contributed by atoms with Crippen LogP contribution in [0.4, 0.5) is 5.82 Å². The molecule has 0 saturated carbocycles. The third kappa shape index (κ3) is 3.29. The number of hydrogen-bond acceptors (Lipinski definition) is 5. The SMILES string of the molecule is N=C(N)N1C2CC[C@H]1C[C@H](c1cc(N)n3ncc(-c4ccc(-c5ccccc5)nc4)c3n1)C2. The van der Waals surface area contributed by atoms with Gasteiger partial charge in [-0.05, 0) is 31.7 Å². The molecule has 2 fully saturated rings. The lowest BCUT2D eigenvalue weighted by molar-refractivity contribution is 0.209. The van der Waals surface area contributed by atoms with Crippen molar-refractivity contribution >= 4 is 17.4 Å². The maximum atomic E-state index is 7.93. The molecule has 8 nitrogen and oxygen atoms in total. The zero-order valence-corrected chi connectivity index (χ0v) is 18.2. The van der Waals surface area contributed by atoms with E-state index in [1.165, 1.54) is 0 Å². The van der Waals surface area contributed by atoms with Crippen molar-refractivity contribution in [3.8, 4) is 22.4 Å². The lowest BCUT2D eigenvalue weighted by Gasteiger charge is -2.39. The second-order valence-electron chi connectivity index (χ2n) is 9.04. The number of nitrogens with one attached hydrogen (secondary N) is 1. The van der Waals surface area contributed by atoms with E-state index in [9.17, 15) is 0 Å². The second kappa shape index (κ2) is 7.58. The van der Waals surface area contributed by atoms with Crippen molar-refractivity contribution in [1.29, 1.82) is 5.41 Å². The number of hydrogen-bond donors (Lipinski definition) is 3. The van der Waals surface area contributed by atoms with E-state index in [-0.39, 0.29) is 5.96 Å². The van der Waals surface area contributed by atoms with Crippen molar-refractivity contribution in [2.45, 2.75) is 43.7 Å². The Morgan fingerprint density at radius 1 is 0.970 bits per heavy atom. The largest absolute Gasteiger partial charge is 0.384 e. The molecule has 0 spiro atoms. The molecule has 1 aromatic carbocycles. The summed E-state index contributed by atoms with van der Waals surface area (Å²) < 4.78 is 1.70. The summed E-state index contributed by atoms with van der Waals surface area (Å²) in [5.74, 6) is 1.07. The van der Waals surface area contributed by atoms with Gasteiger partial charge in [-0.1, -0.05) is 36.4 Å². The van der Waals surface area contributed by atoms with Gasteiger partial charge in [0.15, 0.2) is 11.6 Å². The van der Waals surface area contributed by atoms with Crippen LogP contribution in [0, 0.1) is 5.41 Å². The predicted molar refractivity (Wildman–Crippen MR) is 129 cm³/mol. The van der Waals surface area contributed by atoms with E-state index in [1.54, 1.807) is 4.52 Å². The first-order valence-electron chi connectivity index (χ1n) is 11.4. The van der Waals surface area contributed by atoms with Crippen LogP contribution < -0.4 is 11.5 Å². The molecule has 6 rings (SSSR count). The molecule has 3 atom stereocenters. The minimum absolute atomic E-state index is 0.188. The summed E-state index contributed by atoms with van der Waals surface area (Å²) in [6.45, 7) is 0. The maximum Gasteiger partial charge on any atom is 0.188 e. The zero-order chi connectivity index (χ0) is 22.5. The summed E-state index contributed by atoms with van der Waals surface area (Å²) >= 11 is 0. The van der Waals surface area contributed by atoms with Crippen molar-refractivity contribution in [2.75, 3.05) is 5.73 Å². The van der Waals surface area contributed by atoms with Gasteiger partial charge in [0, 0.05) is 52.6 Å². The normalized spacial score (nSPS) is 22.1. The highest BCUT2D eigenvalue weighted by Gasteiger charge is 2.42. The first-order chi connectivity index (χ1) is 16.1. The van der Waals surface area contributed by atoms with Crippen molar-refractivity contribution in [3.05, 3.63) is 66.6 Å². The number of nitrogens with zero attached hydrogens (tertiary/aromatic N) is 5. The van der Waals surface area contributed by atoms with Crippen LogP contribution in [-0.2, 0) is 0 Å². The Labute approximate surface area is 191 Å². The van der Waals surface area contributed by atoms with Crippen LogP contribution in [0.2, 0.25) is 0 Å². The first kappa shape index (κ1) is 19.7. The maximum absolute atomic E-state index is 7.93. The third-order valence-corrected chi connectivity index (χ3v) is 7.09. The van der Waals surface area contributed by atoms with E-state index < -0.39 is 0 Å². The number of nitrogens with two attached hydrogens (primary N) is 2. The molecule has 4 aromatic rings. The quantitative estimate of drug-likeness (QED) is 0.331. The van der Waals surface area contributed by atoms with Crippen LogP contribution in [-0.4, -0.2) is 42.5 Å². The van der Waals surface area contributed by atoms with Gasteiger partial charge < -0.3 is 16.4 Å². The van der Waals surface area contributed by atoms with Crippen LogP contribution in [0.25, 0.3) is 28.0 Å². The minimum Gasteiger partial charge on any atom is -0.384 e. The number of benzene rings is 1. The Balaban J connectivity index is 1.34. The van der Waals surface area contributed by atoms with Gasteiger partial charge >= 0.3 is 0 Å². The molecule has 2 bridgehead atoms. The number of fused-ring (bicyclic) bond motifs is 3. The molecule has 1 unspecified atom stereocenters. The van der Waals surface area contributed by atoms with E-state index in [0.29, 0.717) is 23.8 Å². The number of anilines is 1. The lowest BCUT2D eigenvalue weighted by atomic mass is 9.88. The fraction of sp³-hybridized carbons (Fsp3) is 0.280. The summed E-state index contributed by atoms with van der Waals surface area (Å²) in [5, 5.41) is 12.4. The van der Waals surface area contributed by atoms with E-state index in [1.807, 2.05) is 42.7 Å². The number of aromatic nitrogens is 4. The third-order valence-electron chi connectivity index (χ3n) is 7.09. The Morgan fingerprint density at radius 3 is 2.39 bits per heavy atom. The first-order valence-corrected chi connectivity index (χ1v) is 11.4. The van der Waals surface area contributed by atoms with Gasteiger partial charge in [0.1, 0.15) is 5.82 Å². The molecule has 5 heterocycles. The van der Waals surface area contributed by atoms with Crippen LogP contribution in [0.5, 0.6) is 0 Å². The molecule has 0 aliphatic carbocycles. The predicted octanol–water partition coefficient (Wildman–Crippen LogP) is 3.64. The molecule has 166 valence electrons. The van der Waals surface area contributed by atoms with Gasteiger partial charge in [-0.25, -0.2) is 4.98 Å². The van der Waals surface area contributed by atoms with Crippen molar-refractivity contribution in [2.24, 2.45) is 5.73 Å². The molecule has 5 N–H and O–H groups in total. The van der Waals surface area contributed by atoms with Gasteiger partial charge in [0.2, 0.25) is 0 Å². The van der Waals surface area contributed by atoms with E-state index >= 15 is 0 Å². The second-order valence-corrected chi connectivity index (χ2v) is 9.04. The summed E-state index contributed by atoms with van der Waals surface area (Å²) in [6, 6.07) is 16.8. The molecule has 0 amide bonds. The highest BCUT2D eigenvalue weighted by atomic mass is 15.3. The zero-order valence-electron chi connectivity index (χ0n) is 18.2. The van der Waals surface area contributed by atoms with Crippen molar-refractivity contribution < 1.29 is 0 Å². The number of nitrogen functional groups attached to an aromatic ring is 1. The van der Waals surface area contributed by atoms with Crippen molar-refractivity contribution in [3.63, 3.8) is 0 Å². The Kier molecular flexibility index (Phi) is 4.53. The van der Waals surface area contributed by atoms with Gasteiger partial charge in [-0.2, -0.15) is 9.61 Å². The highest BCUT2D eigenvalue weighted by Crippen LogP contribution is 2.43. The fourth-order valence-electron chi connectivity index (χ4n) is 5.56. The molecular weight excluding hydrogens is 412 g/mol. The number of piperidine rings is 1. The fourth-order valence-corrected chi connectivity index (χ4v) is 5.56. The number of rotatable bonds is 3. The van der Waals surface area contributed by atoms with Gasteiger partial charge in [-0.15, -0.1) is 0 Å². The molecular formula is C25H26N8. The Hall–Kier alpha value is -3.94. The topological polar surface area (TPSA) is 122 Å². The molecule has 2 aliphatic heterocycles. The average molecular weight is 439 g/mol. The van der Waals surface area contributed by atoms with Crippen molar-refractivity contribution in [1.82, 2.24) is 24.5 Å². The minimum atomic E-state index is 0.188. The standard InChI is InChI=1S/C25H26N8/c26-23-12-22(17-10-18-7-8-19(11-17)32(18)25(27)28)31-24-20(14-30-33(23)24)16-6-9-21(29-13-16)15-4-2-1-3-5-15/h1-6,9,12-14,17-19H,7-8,10-11,26H2,(H3,27,28)/t17-,18-,19?/m0/s1. The van der Waals surface area contributed by atoms with Crippen LogP contribution in [0.3, 0.4) is 0 Å². The number of guanidine groups is 1. The van der Waals surface area contributed by atoms with E-state index in [2.05, 4.69) is 33.2 Å². The summed E-state index contributed by atoms with van der Waals surface area (Å²) in [6.07, 6.45) is 7.72. The molecule has 8 heteroatoms. The number of pyridine rings is 1. The van der Waals surface area contributed by atoms with Gasteiger partial charge in [0.25, 0.3) is 0 Å². The molecule has 2 saturated heterocycles. The van der Waals surface area contributed by atoms with E-state index in [0.717, 1.165) is 59.4 Å². The summed E-state index contributed by atoms with van der Waals surface area (Å²) in [4.78, 5) is 11.8. The van der Waals surface area contributed by atoms with Crippen LogP contribution in [0.15, 0.2) is 60.9 Å². The molecule has 3 aromatic heterocycles. The van der Waals surface area contributed by atoms with Gasteiger partial charge in [0.05, 0.1) is 11.9 Å². The van der Waals surface area contributed by atoms with Gasteiger partial charge in [-0.3, -0.25) is 10.4 Å². The summed E-state index contributed by atoms with van der Waals surface area (Å²) in [5.41, 5.74) is 17.9. The summed E-state index contributed by atoms with van der Waals surface area (Å²) in [7, 11) is 0. The van der Waals surface area contributed by atoms with Crippen LogP contribution in [0.1, 0.15) is 37.3 Å². The van der Waals surface area contributed by atoms with E-state index in [4.69, 9.17) is 21.9 Å². The average Bonchev–Trinajstić information content (AvgIpc) is 3.38. The highest BCUT2D eigenvalue weighted by molar-refractivity contribution is 5.79. The smallest absolute Gasteiger partial charge is 0.188 e. The lowest BCUT2D eigenvalue weighted by Crippen LogP contribution is -2.49. The molecule has 0 radical (unpaired) electrons.